The molecule has 2 heterocycles. The van der Waals surface area contributed by atoms with Gasteiger partial charge in [0.05, 0.1) is 4.92 Å². The molecule has 92 valence electrons. The van der Waals surface area contributed by atoms with Crippen LogP contribution in [0.15, 0.2) is 18.5 Å². The van der Waals surface area contributed by atoms with Gasteiger partial charge < -0.3 is 5.73 Å². The molecular formula is C9H5FN4O3S. The number of nitro groups is 1. The Kier molecular flexibility index (Phi) is 2.98. The van der Waals surface area contributed by atoms with Crippen LogP contribution in [0.3, 0.4) is 0 Å². The van der Waals surface area contributed by atoms with Gasteiger partial charge in [-0.2, -0.15) is 4.39 Å². The molecule has 0 saturated carbocycles. The number of carbonyl (C=O) groups excluding carboxylic acids is 1. The fourth-order valence-corrected chi connectivity index (χ4v) is 2.09. The second-order valence-electron chi connectivity index (χ2n) is 3.15. The van der Waals surface area contributed by atoms with Crippen LogP contribution in [0.5, 0.6) is 0 Å². The molecular weight excluding hydrogens is 263 g/mol. The smallest absolute Gasteiger partial charge is 0.344 e. The number of rotatable bonds is 3. The number of hydrogen-bond acceptors (Lipinski definition) is 6. The summed E-state index contributed by atoms with van der Waals surface area (Å²) >= 11 is 0.722. The van der Waals surface area contributed by atoms with E-state index in [0.717, 1.165) is 23.7 Å². The first-order valence-corrected chi connectivity index (χ1v) is 5.37. The molecule has 0 aliphatic rings. The number of aromatic nitrogens is 2. The number of nitrogens with zero attached hydrogens (tertiary/aromatic N) is 3. The molecule has 0 fully saturated rings. The molecule has 0 aromatic carbocycles. The normalized spacial score (nSPS) is 10.3. The van der Waals surface area contributed by atoms with Gasteiger partial charge in [-0.1, -0.05) is 0 Å². The highest BCUT2D eigenvalue weighted by Crippen LogP contribution is 2.32. The van der Waals surface area contributed by atoms with E-state index in [1.165, 1.54) is 6.07 Å². The monoisotopic (exact) mass is 268 g/mol. The topological polar surface area (TPSA) is 112 Å². The highest BCUT2D eigenvalue weighted by molar-refractivity contribution is 7.18. The summed E-state index contributed by atoms with van der Waals surface area (Å²) in [5, 5.41) is 10.5. The Morgan fingerprint density at radius 2 is 2.22 bits per heavy atom. The summed E-state index contributed by atoms with van der Waals surface area (Å²) in [6, 6.07) is 1.33. The van der Waals surface area contributed by atoms with Crippen molar-refractivity contribution in [2.75, 3.05) is 0 Å². The minimum absolute atomic E-state index is 0.0908. The Labute approximate surface area is 103 Å². The summed E-state index contributed by atoms with van der Waals surface area (Å²) in [5.41, 5.74) is 4.71. The first-order valence-electron chi connectivity index (χ1n) is 4.55. The fraction of sp³-hybridized carbons (Fsp3) is 0. The van der Waals surface area contributed by atoms with E-state index in [2.05, 4.69) is 9.97 Å². The summed E-state index contributed by atoms with van der Waals surface area (Å²) in [5.74, 6) is -2.04. The van der Waals surface area contributed by atoms with Crippen molar-refractivity contribution >= 4 is 22.2 Å². The van der Waals surface area contributed by atoms with Gasteiger partial charge in [0.25, 0.3) is 5.91 Å². The Bertz CT molecular complexity index is 642. The van der Waals surface area contributed by atoms with Crippen LogP contribution in [-0.2, 0) is 0 Å². The third-order valence-electron chi connectivity index (χ3n) is 2.05. The van der Waals surface area contributed by atoms with Crippen LogP contribution in [0.25, 0.3) is 10.6 Å². The molecule has 0 bridgehead atoms. The molecule has 0 aliphatic carbocycles. The number of hydrogen-bond donors (Lipinski definition) is 1. The zero-order chi connectivity index (χ0) is 13.3. The molecule has 0 spiro atoms. The van der Waals surface area contributed by atoms with Crippen LogP contribution in [-0.4, -0.2) is 20.8 Å². The van der Waals surface area contributed by atoms with Crippen molar-refractivity contribution in [1.82, 2.24) is 9.97 Å². The molecule has 0 saturated heterocycles. The molecule has 0 unspecified atom stereocenters. The third kappa shape index (κ3) is 2.02. The van der Waals surface area contributed by atoms with Gasteiger partial charge in [-0.25, -0.2) is 9.97 Å². The van der Waals surface area contributed by atoms with Crippen molar-refractivity contribution in [2.24, 2.45) is 5.73 Å². The lowest BCUT2D eigenvalue weighted by molar-refractivity contribution is -0.380. The average molecular weight is 268 g/mol. The number of carbonyl (C=O) groups is 1. The van der Waals surface area contributed by atoms with E-state index >= 15 is 0 Å². The number of primary amides is 1. The maximum atomic E-state index is 13.4. The molecule has 18 heavy (non-hydrogen) atoms. The van der Waals surface area contributed by atoms with E-state index in [0.29, 0.717) is 0 Å². The molecule has 2 N–H and O–H groups in total. The molecule has 9 heteroatoms. The maximum absolute atomic E-state index is 13.4. The van der Waals surface area contributed by atoms with Crippen LogP contribution in [0, 0.1) is 16.1 Å². The predicted octanol–water partition coefficient (Wildman–Crippen LogP) is 1.35. The Balaban J connectivity index is 2.59. The molecule has 2 aromatic heterocycles. The summed E-state index contributed by atoms with van der Waals surface area (Å²) in [7, 11) is 0. The number of thiazole rings is 1. The molecule has 0 atom stereocenters. The van der Waals surface area contributed by atoms with Crippen molar-refractivity contribution in [3.05, 3.63) is 40.1 Å². The molecule has 7 nitrogen and oxygen atoms in total. The lowest BCUT2D eigenvalue weighted by atomic mass is 10.1. The first kappa shape index (κ1) is 12.0. The van der Waals surface area contributed by atoms with Crippen LogP contribution < -0.4 is 5.73 Å². The van der Waals surface area contributed by atoms with Crippen molar-refractivity contribution in [2.45, 2.75) is 0 Å². The largest absolute Gasteiger partial charge is 0.365 e. The second kappa shape index (κ2) is 4.45. The van der Waals surface area contributed by atoms with Gasteiger partial charge in [0.2, 0.25) is 5.95 Å². The van der Waals surface area contributed by atoms with Crippen LogP contribution >= 0.6 is 11.3 Å². The maximum Gasteiger partial charge on any atom is 0.344 e. The summed E-state index contributed by atoms with van der Waals surface area (Å²) in [6.45, 7) is 0. The summed E-state index contributed by atoms with van der Waals surface area (Å²) < 4.78 is 13.4. The van der Waals surface area contributed by atoms with E-state index in [9.17, 15) is 19.3 Å². The standard InChI is InChI=1S/C9H5FN4O3S/c10-7-6(8(11)15)4(1-2-12-7)9-13-3-5(18-9)14(16)17/h1-3H,(H2,11,15). The molecule has 0 radical (unpaired) electrons. The molecule has 0 aliphatic heterocycles. The van der Waals surface area contributed by atoms with Crippen molar-refractivity contribution < 1.29 is 14.1 Å². The fourth-order valence-electron chi connectivity index (χ4n) is 1.32. The Morgan fingerprint density at radius 1 is 1.50 bits per heavy atom. The number of amides is 1. The highest BCUT2D eigenvalue weighted by atomic mass is 32.1. The zero-order valence-electron chi connectivity index (χ0n) is 8.66. The van der Waals surface area contributed by atoms with Crippen molar-refractivity contribution in [3.63, 3.8) is 0 Å². The third-order valence-corrected chi connectivity index (χ3v) is 3.04. The van der Waals surface area contributed by atoms with Crippen molar-refractivity contribution in [1.29, 1.82) is 0 Å². The van der Waals surface area contributed by atoms with Gasteiger partial charge in [-0.05, 0) is 17.4 Å². The van der Waals surface area contributed by atoms with E-state index in [1.807, 2.05) is 0 Å². The lowest BCUT2D eigenvalue weighted by Gasteiger charge is -2.02. The van der Waals surface area contributed by atoms with E-state index in [4.69, 9.17) is 5.73 Å². The number of nitrogens with two attached hydrogens (primary N) is 1. The van der Waals surface area contributed by atoms with Gasteiger partial charge >= 0.3 is 5.00 Å². The zero-order valence-corrected chi connectivity index (χ0v) is 9.48. The quantitative estimate of drug-likeness (QED) is 0.513. The van der Waals surface area contributed by atoms with Gasteiger partial charge in [0.15, 0.2) is 0 Å². The molecule has 2 rings (SSSR count). The van der Waals surface area contributed by atoms with E-state index in [-0.39, 0.29) is 15.6 Å². The highest BCUT2D eigenvalue weighted by Gasteiger charge is 2.21. The molecule has 2 aromatic rings. The summed E-state index contributed by atoms with van der Waals surface area (Å²) in [4.78, 5) is 28.1. The number of pyridine rings is 1. The second-order valence-corrected chi connectivity index (χ2v) is 4.16. The SMILES string of the molecule is NC(=O)c1c(-c2ncc([N+](=O)[O-])s2)ccnc1F. The minimum atomic E-state index is -1.03. The van der Waals surface area contributed by atoms with Crippen LogP contribution in [0.2, 0.25) is 0 Å². The van der Waals surface area contributed by atoms with Gasteiger partial charge in [-0.3, -0.25) is 14.9 Å². The average Bonchev–Trinajstić information content (AvgIpc) is 2.77. The van der Waals surface area contributed by atoms with Gasteiger partial charge in [0, 0.05) is 11.8 Å². The van der Waals surface area contributed by atoms with Crippen LogP contribution in [0.1, 0.15) is 10.4 Å². The first-order chi connectivity index (χ1) is 8.50. The Morgan fingerprint density at radius 3 is 2.78 bits per heavy atom. The van der Waals surface area contributed by atoms with Gasteiger partial charge in [0.1, 0.15) is 16.8 Å². The minimum Gasteiger partial charge on any atom is -0.365 e. The van der Waals surface area contributed by atoms with Crippen molar-refractivity contribution in [3.8, 4) is 10.6 Å². The summed E-state index contributed by atoms with van der Waals surface area (Å²) in [6.07, 6.45) is 2.16. The van der Waals surface area contributed by atoms with E-state index in [1.54, 1.807) is 0 Å². The molecule has 1 amide bonds. The number of halogens is 1. The lowest BCUT2D eigenvalue weighted by Crippen LogP contribution is -2.15. The van der Waals surface area contributed by atoms with Gasteiger partial charge in [-0.15, -0.1) is 0 Å². The van der Waals surface area contributed by atoms with E-state index < -0.39 is 22.3 Å². The Hall–Kier alpha value is -2.42. The van der Waals surface area contributed by atoms with Crippen LogP contribution in [0.4, 0.5) is 9.39 Å². The predicted molar refractivity (Wildman–Crippen MR) is 60.5 cm³/mol.